The highest BCUT2D eigenvalue weighted by Crippen LogP contribution is 2.31. The van der Waals surface area contributed by atoms with Crippen LogP contribution in [-0.4, -0.2) is 42.2 Å². The summed E-state index contributed by atoms with van der Waals surface area (Å²) in [6.07, 6.45) is 5.58. The first-order valence-corrected chi connectivity index (χ1v) is 10.9. The minimum Gasteiger partial charge on any atom is -0.497 e. The van der Waals surface area contributed by atoms with E-state index in [0.717, 1.165) is 49.6 Å². The van der Waals surface area contributed by atoms with E-state index in [2.05, 4.69) is 35.5 Å². The third-order valence-corrected chi connectivity index (χ3v) is 5.68. The van der Waals surface area contributed by atoms with Gasteiger partial charge in [-0.3, -0.25) is 5.10 Å². The van der Waals surface area contributed by atoms with E-state index < -0.39 is 0 Å². The maximum atomic E-state index is 5.45. The lowest BCUT2D eigenvalue weighted by Crippen LogP contribution is -1.98. The van der Waals surface area contributed by atoms with Crippen LogP contribution in [0.25, 0.3) is 43.9 Å². The van der Waals surface area contributed by atoms with E-state index in [9.17, 15) is 0 Å². The number of nitrogens with two attached hydrogens (primary N) is 1. The summed E-state index contributed by atoms with van der Waals surface area (Å²) in [4.78, 5) is 19.4. The second kappa shape index (κ2) is 8.34. The molecule has 10 nitrogen and oxygen atoms in total. The molecule has 7 aromatic rings. The van der Waals surface area contributed by atoms with Crippen molar-refractivity contribution in [3.05, 3.63) is 73.2 Å². The van der Waals surface area contributed by atoms with Crippen LogP contribution in [0.2, 0.25) is 0 Å². The van der Waals surface area contributed by atoms with Crippen molar-refractivity contribution in [2.75, 3.05) is 18.2 Å². The Morgan fingerprint density at radius 2 is 1.60 bits per heavy atom. The summed E-state index contributed by atoms with van der Waals surface area (Å²) >= 11 is 0. The highest BCUT2D eigenvalue weighted by Gasteiger charge is 2.12. The zero-order valence-electron chi connectivity index (χ0n) is 18.7. The van der Waals surface area contributed by atoms with Gasteiger partial charge in [0.2, 0.25) is 0 Å². The number of benzene rings is 1. The number of anilines is 3. The Balaban J connectivity index is 0.000000191. The number of fused-ring (bicyclic) bond motifs is 5. The molecular weight excluding hydrogens is 442 g/mol. The Kier molecular flexibility index (Phi) is 4.88. The molecule has 172 valence electrons. The fourth-order valence-corrected chi connectivity index (χ4v) is 3.96. The van der Waals surface area contributed by atoms with Gasteiger partial charge < -0.3 is 25.8 Å². The molecule has 0 unspecified atom stereocenters. The molecule has 7 rings (SSSR count). The molecule has 6 N–H and O–H groups in total. The average molecular weight is 464 g/mol. The van der Waals surface area contributed by atoms with Crippen LogP contribution in [0.4, 0.5) is 17.5 Å². The van der Waals surface area contributed by atoms with Gasteiger partial charge in [0.15, 0.2) is 5.82 Å². The Bertz CT molecular complexity index is 1800. The van der Waals surface area contributed by atoms with Crippen LogP contribution in [0, 0.1) is 0 Å². The van der Waals surface area contributed by atoms with Gasteiger partial charge in [0, 0.05) is 40.1 Å². The van der Waals surface area contributed by atoms with Crippen LogP contribution in [-0.2, 0) is 0 Å². The van der Waals surface area contributed by atoms with Crippen molar-refractivity contribution < 1.29 is 4.74 Å². The molecule has 0 saturated carbocycles. The van der Waals surface area contributed by atoms with E-state index >= 15 is 0 Å². The zero-order chi connectivity index (χ0) is 23.8. The molecule has 35 heavy (non-hydrogen) atoms. The topological polar surface area (TPSA) is 146 Å². The summed E-state index contributed by atoms with van der Waals surface area (Å²) in [5.41, 5.74) is 8.74. The number of nitrogens with zero attached hydrogens (tertiary/aromatic N) is 4. The van der Waals surface area contributed by atoms with E-state index in [0.29, 0.717) is 17.5 Å². The van der Waals surface area contributed by atoms with E-state index in [4.69, 9.17) is 15.5 Å². The Labute approximate surface area is 198 Å². The first kappa shape index (κ1) is 20.5. The second-order valence-electron chi connectivity index (χ2n) is 7.88. The van der Waals surface area contributed by atoms with Crippen LogP contribution in [0.5, 0.6) is 5.75 Å². The molecule has 0 radical (unpaired) electrons. The summed E-state index contributed by atoms with van der Waals surface area (Å²) < 4.78 is 5.32. The van der Waals surface area contributed by atoms with Gasteiger partial charge in [-0.2, -0.15) is 5.10 Å². The lowest BCUT2D eigenvalue weighted by molar-refractivity contribution is 0.415. The predicted octanol–water partition coefficient (Wildman–Crippen LogP) is 4.88. The van der Waals surface area contributed by atoms with Gasteiger partial charge in [-0.1, -0.05) is 0 Å². The normalized spacial score (nSPS) is 11.1. The number of nitrogens with one attached hydrogen (secondary N) is 4. The molecular formula is C25H21N9O. The number of ether oxygens (including phenoxy) is 1. The van der Waals surface area contributed by atoms with Gasteiger partial charge in [0.25, 0.3) is 0 Å². The smallest absolute Gasteiger partial charge is 0.160 e. The summed E-state index contributed by atoms with van der Waals surface area (Å²) in [6.45, 7) is 0. The SMILES string of the molecule is COc1ccc2nc(Nc3ccc4cc[nH]c4n3)c3n[nH]cc3c2c1.Nc1ccc2cc[nH]c2n1. The highest BCUT2D eigenvalue weighted by atomic mass is 16.5. The lowest BCUT2D eigenvalue weighted by Gasteiger charge is -2.09. The molecule has 6 heterocycles. The fourth-order valence-electron chi connectivity index (χ4n) is 3.96. The molecule has 6 aromatic heterocycles. The van der Waals surface area contributed by atoms with Crippen molar-refractivity contribution in [2.45, 2.75) is 0 Å². The molecule has 0 bridgehead atoms. The van der Waals surface area contributed by atoms with Crippen LogP contribution >= 0.6 is 0 Å². The molecule has 10 heteroatoms. The number of aromatic nitrogens is 7. The fraction of sp³-hybridized carbons (Fsp3) is 0.0400. The first-order valence-electron chi connectivity index (χ1n) is 10.9. The third kappa shape index (κ3) is 3.82. The molecule has 0 aliphatic rings. The van der Waals surface area contributed by atoms with Crippen LogP contribution in [0.3, 0.4) is 0 Å². The van der Waals surface area contributed by atoms with E-state index in [1.54, 1.807) is 13.2 Å². The van der Waals surface area contributed by atoms with Crippen LogP contribution in [0.15, 0.2) is 73.2 Å². The third-order valence-electron chi connectivity index (χ3n) is 5.68. The Morgan fingerprint density at radius 3 is 2.40 bits per heavy atom. The Morgan fingerprint density at radius 1 is 0.829 bits per heavy atom. The molecule has 0 aliphatic carbocycles. The van der Waals surface area contributed by atoms with Gasteiger partial charge in [-0.25, -0.2) is 15.0 Å². The molecule has 0 atom stereocenters. The maximum absolute atomic E-state index is 5.45. The molecule has 1 aromatic carbocycles. The van der Waals surface area contributed by atoms with Crippen molar-refractivity contribution in [3.8, 4) is 5.75 Å². The van der Waals surface area contributed by atoms with E-state index in [-0.39, 0.29) is 0 Å². The summed E-state index contributed by atoms with van der Waals surface area (Å²) in [7, 11) is 1.65. The number of methoxy groups -OCH3 is 1. The summed E-state index contributed by atoms with van der Waals surface area (Å²) in [5, 5.41) is 14.7. The molecule has 0 spiro atoms. The van der Waals surface area contributed by atoms with Gasteiger partial charge >= 0.3 is 0 Å². The predicted molar refractivity (Wildman–Crippen MR) is 138 cm³/mol. The molecule has 0 saturated heterocycles. The standard InChI is InChI=1S/C18H14N6O.C7H7N3/c1-25-11-3-4-14-12(8-11)13-9-20-24-16(13)18(21-14)23-15-5-2-10-6-7-19-17(10)22-15;8-6-2-1-5-3-4-9-7(5)10-6/h2-9H,1H3,(H,20,24)(H2,19,21,22,23);1-4H,(H3,8,9,10). The summed E-state index contributed by atoms with van der Waals surface area (Å²) in [5.74, 6) is 2.71. The highest BCUT2D eigenvalue weighted by molar-refractivity contribution is 6.09. The van der Waals surface area contributed by atoms with E-state index in [1.165, 1.54) is 0 Å². The zero-order valence-corrected chi connectivity index (χ0v) is 18.7. The Hall–Kier alpha value is -5.12. The largest absolute Gasteiger partial charge is 0.497 e. The lowest BCUT2D eigenvalue weighted by atomic mass is 10.1. The van der Waals surface area contributed by atoms with Crippen molar-refractivity contribution in [3.63, 3.8) is 0 Å². The summed E-state index contributed by atoms with van der Waals surface area (Å²) in [6, 6.07) is 17.4. The molecule has 0 amide bonds. The van der Waals surface area contributed by atoms with E-state index in [1.807, 2.05) is 67.1 Å². The monoisotopic (exact) mass is 463 g/mol. The molecule has 0 fully saturated rings. The van der Waals surface area contributed by atoms with Crippen molar-refractivity contribution >= 4 is 61.3 Å². The van der Waals surface area contributed by atoms with Crippen molar-refractivity contribution in [1.82, 2.24) is 35.1 Å². The average Bonchev–Trinajstić information content (AvgIpc) is 3.64. The second-order valence-corrected chi connectivity index (χ2v) is 7.88. The molecule has 0 aliphatic heterocycles. The quantitative estimate of drug-likeness (QED) is 0.251. The first-order chi connectivity index (χ1) is 17.2. The van der Waals surface area contributed by atoms with Crippen LogP contribution < -0.4 is 15.8 Å². The van der Waals surface area contributed by atoms with Gasteiger partial charge in [0.1, 0.15) is 34.2 Å². The minimum atomic E-state index is 0.551. The van der Waals surface area contributed by atoms with Gasteiger partial charge in [-0.15, -0.1) is 0 Å². The van der Waals surface area contributed by atoms with Gasteiger partial charge in [-0.05, 0) is 54.6 Å². The van der Waals surface area contributed by atoms with Crippen molar-refractivity contribution in [2.24, 2.45) is 0 Å². The van der Waals surface area contributed by atoms with Crippen LogP contribution in [0.1, 0.15) is 0 Å². The van der Waals surface area contributed by atoms with Gasteiger partial charge in [0.05, 0.1) is 12.6 Å². The maximum Gasteiger partial charge on any atom is 0.160 e. The number of aromatic amines is 3. The van der Waals surface area contributed by atoms with Crippen molar-refractivity contribution in [1.29, 1.82) is 0 Å². The minimum absolute atomic E-state index is 0.551. The number of pyridine rings is 3. The number of hydrogen-bond donors (Lipinski definition) is 5. The number of H-pyrrole nitrogens is 3. The number of nitrogen functional groups attached to an aromatic ring is 1. The number of hydrogen-bond acceptors (Lipinski definition) is 7. The number of rotatable bonds is 3.